The molecule has 3 N–H and O–H groups in total. The third-order valence-electron chi connectivity index (χ3n) is 11.9. The van der Waals surface area contributed by atoms with Crippen LogP contribution in [0.2, 0.25) is 0 Å². The molecule has 0 rings (SSSR count). The molecule has 0 aliphatic heterocycles. The average molecular weight is 844 g/mol. The first-order valence-corrected chi connectivity index (χ1v) is 26.2. The van der Waals surface area contributed by atoms with Gasteiger partial charge in [0.05, 0.1) is 25.4 Å². The van der Waals surface area contributed by atoms with E-state index in [0.29, 0.717) is 25.9 Å². The number of rotatable bonds is 48. The summed E-state index contributed by atoms with van der Waals surface area (Å²) in [6.45, 7) is 4.88. The Bertz CT molecular complexity index is 977. The minimum Gasteiger partial charge on any atom is -0.466 e. The largest absolute Gasteiger partial charge is 0.466 e. The van der Waals surface area contributed by atoms with Crippen LogP contribution >= 0.6 is 0 Å². The van der Waals surface area contributed by atoms with E-state index >= 15 is 0 Å². The molecule has 0 heterocycles. The number of hydrogen-bond donors (Lipinski definition) is 3. The number of aliphatic hydroxyl groups excluding tert-OH is 2. The first kappa shape index (κ1) is 58.1. The van der Waals surface area contributed by atoms with Crippen molar-refractivity contribution in [3.8, 4) is 0 Å². The molecule has 0 saturated heterocycles. The Labute approximate surface area is 373 Å². The third kappa shape index (κ3) is 45.6. The van der Waals surface area contributed by atoms with Crippen LogP contribution in [0.15, 0.2) is 36.5 Å². The molecule has 60 heavy (non-hydrogen) atoms. The predicted octanol–water partition coefficient (Wildman–Crippen LogP) is 15.7. The number of ether oxygens (including phenoxy) is 1. The lowest BCUT2D eigenvalue weighted by atomic mass is 10.0. The number of aliphatic hydroxyl groups is 2. The van der Waals surface area contributed by atoms with Crippen molar-refractivity contribution < 1.29 is 24.5 Å². The number of unbranched alkanes of at least 4 members (excludes halogenated alkanes) is 31. The highest BCUT2D eigenvalue weighted by Gasteiger charge is 2.20. The molecule has 0 aromatic heterocycles. The van der Waals surface area contributed by atoms with Crippen LogP contribution < -0.4 is 5.32 Å². The molecule has 1 amide bonds. The van der Waals surface area contributed by atoms with Crippen molar-refractivity contribution in [2.45, 2.75) is 283 Å². The maximum atomic E-state index is 12.4. The Hall–Kier alpha value is -1.92. The average Bonchev–Trinajstić information content (AvgIpc) is 3.25. The van der Waals surface area contributed by atoms with Gasteiger partial charge in [0.15, 0.2) is 0 Å². The van der Waals surface area contributed by atoms with Gasteiger partial charge in [-0.2, -0.15) is 0 Å². The summed E-state index contributed by atoms with van der Waals surface area (Å²) in [7, 11) is 0. The molecule has 0 fully saturated rings. The Kier molecular flexibility index (Phi) is 48.1. The van der Waals surface area contributed by atoms with Crippen molar-refractivity contribution in [1.82, 2.24) is 5.32 Å². The molecule has 0 aromatic carbocycles. The summed E-state index contributed by atoms with van der Waals surface area (Å²) >= 11 is 0. The van der Waals surface area contributed by atoms with Gasteiger partial charge in [-0.1, -0.05) is 211 Å². The van der Waals surface area contributed by atoms with Gasteiger partial charge in [-0.05, 0) is 83.5 Å². The zero-order valence-corrected chi connectivity index (χ0v) is 39.9. The molecule has 0 spiro atoms. The number of carbonyl (C=O) groups excluding carboxylic acids is 2. The smallest absolute Gasteiger partial charge is 0.305 e. The van der Waals surface area contributed by atoms with Crippen LogP contribution in [-0.4, -0.2) is 47.4 Å². The normalized spacial score (nSPS) is 12.9. The molecule has 0 aliphatic carbocycles. The molecule has 2 atom stereocenters. The van der Waals surface area contributed by atoms with E-state index in [1.807, 2.05) is 0 Å². The van der Waals surface area contributed by atoms with E-state index in [2.05, 4.69) is 55.6 Å². The van der Waals surface area contributed by atoms with Crippen molar-refractivity contribution in [1.29, 1.82) is 0 Å². The molecular weight excluding hydrogens is 743 g/mol. The van der Waals surface area contributed by atoms with Gasteiger partial charge in [0, 0.05) is 12.8 Å². The zero-order chi connectivity index (χ0) is 43.7. The van der Waals surface area contributed by atoms with E-state index in [1.54, 1.807) is 0 Å². The van der Waals surface area contributed by atoms with Gasteiger partial charge in [-0.15, -0.1) is 0 Å². The number of amides is 1. The summed E-state index contributed by atoms with van der Waals surface area (Å²) in [5.74, 6) is -0.0658. The summed E-state index contributed by atoms with van der Waals surface area (Å²) in [5, 5.41) is 23.1. The summed E-state index contributed by atoms with van der Waals surface area (Å²) in [6.07, 6.45) is 59.7. The lowest BCUT2D eigenvalue weighted by Crippen LogP contribution is -2.45. The van der Waals surface area contributed by atoms with Crippen molar-refractivity contribution >= 4 is 11.9 Å². The van der Waals surface area contributed by atoms with Crippen LogP contribution in [-0.2, 0) is 14.3 Å². The van der Waals surface area contributed by atoms with Crippen molar-refractivity contribution in [3.05, 3.63) is 36.5 Å². The number of esters is 1. The van der Waals surface area contributed by atoms with Crippen molar-refractivity contribution in [2.24, 2.45) is 0 Å². The second-order valence-corrected chi connectivity index (χ2v) is 17.8. The second kappa shape index (κ2) is 49.7. The van der Waals surface area contributed by atoms with Crippen molar-refractivity contribution in [3.63, 3.8) is 0 Å². The highest BCUT2D eigenvalue weighted by atomic mass is 16.5. The fourth-order valence-corrected chi connectivity index (χ4v) is 7.84. The molecule has 6 heteroatoms. The van der Waals surface area contributed by atoms with Gasteiger partial charge in [0.1, 0.15) is 0 Å². The van der Waals surface area contributed by atoms with E-state index in [-0.39, 0.29) is 18.5 Å². The molecule has 6 nitrogen and oxygen atoms in total. The molecule has 2 unspecified atom stereocenters. The van der Waals surface area contributed by atoms with E-state index in [9.17, 15) is 19.8 Å². The number of hydrogen-bond acceptors (Lipinski definition) is 5. The Morgan fingerprint density at radius 3 is 1.32 bits per heavy atom. The second-order valence-electron chi connectivity index (χ2n) is 17.8. The molecular formula is C54H101NO5. The number of nitrogens with one attached hydrogen (secondary N) is 1. The molecule has 0 radical (unpaired) electrons. The van der Waals surface area contributed by atoms with Gasteiger partial charge < -0.3 is 20.3 Å². The fourth-order valence-electron chi connectivity index (χ4n) is 7.84. The topological polar surface area (TPSA) is 95.9 Å². The van der Waals surface area contributed by atoms with Gasteiger partial charge in [0.2, 0.25) is 5.91 Å². The standard InChI is InChI=1S/C54H101NO5/c1-3-5-7-9-11-13-15-16-20-24-28-32-36-40-44-48-54(59)60-49-45-41-37-33-29-25-22-19-17-18-21-23-27-31-35-39-43-47-53(58)55-51(50-56)52(57)46-42-38-34-30-26-14-12-10-8-6-4-2/h11,13,16-17,19-20,51-52,56-57H,3-10,12,14-15,18,21-50H2,1-2H3,(H,55,58)/b13-11-,19-17-,20-16-. The SMILES string of the molecule is CCCCC/C=C\C/C=C\CCCCCCCC(=O)OCCCCCCCC/C=C\CCCCCCCCCC(=O)NC(CO)C(O)CCCCCCCCCCCCC. The molecule has 0 aromatic rings. The van der Waals surface area contributed by atoms with Crippen LogP contribution in [0.25, 0.3) is 0 Å². The molecule has 352 valence electrons. The first-order chi connectivity index (χ1) is 29.5. The maximum absolute atomic E-state index is 12.4. The summed E-state index contributed by atoms with van der Waals surface area (Å²) in [5.41, 5.74) is 0. The molecule has 0 bridgehead atoms. The van der Waals surface area contributed by atoms with E-state index in [4.69, 9.17) is 4.74 Å². The number of allylic oxidation sites excluding steroid dienone is 6. The van der Waals surface area contributed by atoms with Gasteiger partial charge in [0.25, 0.3) is 0 Å². The van der Waals surface area contributed by atoms with E-state index in [0.717, 1.165) is 64.2 Å². The first-order valence-electron chi connectivity index (χ1n) is 26.2. The highest BCUT2D eigenvalue weighted by Crippen LogP contribution is 2.15. The highest BCUT2D eigenvalue weighted by molar-refractivity contribution is 5.76. The zero-order valence-electron chi connectivity index (χ0n) is 39.9. The van der Waals surface area contributed by atoms with Gasteiger partial charge in [-0.25, -0.2) is 0 Å². The number of carbonyl (C=O) groups is 2. The summed E-state index contributed by atoms with van der Waals surface area (Å²) in [6, 6.07) is -0.550. The van der Waals surface area contributed by atoms with Crippen LogP contribution in [0.3, 0.4) is 0 Å². The molecule has 0 saturated carbocycles. The lowest BCUT2D eigenvalue weighted by molar-refractivity contribution is -0.143. The van der Waals surface area contributed by atoms with E-state index in [1.165, 1.54) is 173 Å². The van der Waals surface area contributed by atoms with Gasteiger partial charge in [-0.3, -0.25) is 9.59 Å². The Morgan fingerprint density at radius 1 is 0.467 bits per heavy atom. The fraction of sp³-hybridized carbons (Fsp3) is 0.852. The monoisotopic (exact) mass is 844 g/mol. The molecule has 0 aliphatic rings. The summed E-state index contributed by atoms with van der Waals surface area (Å²) in [4.78, 5) is 24.4. The predicted molar refractivity (Wildman–Crippen MR) is 259 cm³/mol. The Morgan fingerprint density at radius 2 is 0.833 bits per heavy atom. The minimum absolute atomic E-state index is 0.0164. The summed E-state index contributed by atoms with van der Waals surface area (Å²) < 4.78 is 5.45. The van der Waals surface area contributed by atoms with E-state index < -0.39 is 12.1 Å². The third-order valence-corrected chi connectivity index (χ3v) is 11.9. The minimum atomic E-state index is -0.671. The Balaban J connectivity index is 3.46. The van der Waals surface area contributed by atoms with Crippen molar-refractivity contribution in [2.75, 3.05) is 13.2 Å². The van der Waals surface area contributed by atoms with Crippen LogP contribution in [0.4, 0.5) is 0 Å². The lowest BCUT2D eigenvalue weighted by Gasteiger charge is -2.22. The van der Waals surface area contributed by atoms with Crippen LogP contribution in [0.5, 0.6) is 0 Å². The van der Waals surface area contributed by atoms with Crippen LogP contribution in [0.1, 0.15) is 271 Å². The van der Waals surface area contributed by atoms with Crippen LogP contribution in [0, 0.1) is 0 Å². The quantitative estimate of drug-likeness (QED) is 0.0322. The van der Waals surface area contributed by atoms with Gasteiger partial charge >= 0.3 is 5.97 Å². The maximum Gasteiger partial charge on any atom is 0.305 e.